The maximum Gasteiger partial charge on any atom is 0.162 e. The number of halogens is 2. The number of methoxy groups -OCH3 is 2. The number of hydrogen-bond donors (Lipinski definition) is 1. The molecule has 3 rings (SSSR count). The molecule has 0 saturated heterocycles. The van der Waals surface area contributed by atoms with Crippen LogP contribution in [0.4, 0.5) is 15.9 Å². The Bertz CT molecular complexity index is 874. The highest BCUT2D eigenvalue weighted by atomic mass is 35.5. The number of nitrogens with zero attached hydrogens (tertiary/aromatic N) is 2. The molecule has 0 radical (unpaired) electrons. The normalized spacial score (nSPS) is 10.0. The third-order valence-corrected chi connectivity index (χ3v) is 3.61. The van der Waals surface area contributed by atoms with Gasteiger partial charge in [-0.15, -0.1) is 0 Å². The van der Waals surface area contributed by atoms with Crippen molar-refractivity contribution in [2.24, 2.45) is 0 Å². The second-order valence-electron chi connectivity index (χ2n) is 4.70. The lowest BCUT2D eigenvalue weighted by Gasteiger charge is -2.12. The van der Waals surface area contributed by atoms with Crippen LogP contribution in [0.5, 0.6) is 11.5 Å². The number of rotatable bonds is 4. The van der Waals surface area contributed by atoms with Crippen LogP contribution in [0.2, 0.25) is 5.02 Å². The maximum atomic E-state index is 13.3. The number of benzene rings is 2. The Balaban J connectivity index is 0.00000109. The van der Waals surface area contributed by atoms with Crippen LogP contribution in [0, 0.1) is 5.82 Å². The topological polar surface area (TPSA) is 56.3 Å². The SMILES string of the molecule is CC.COc1cc2ncnc(Nc3ccc(F)c(Cl)c3)c2cc1OC. The van der Waals surface area contributed by atoms with Crippen LogP contribution in [0.1, 0.15) is 13.8 Å². The van der Waals surface area contributed by atoms with Crippen LogP contribution in [0.25, 0.3) is 10.9 Å². The molecule has 0 atom stereocenters. The third kappa shape index (κ3) is 4.09. The Morgan fingerprint density at radius 3 is 2.32 bits per heavy atom. The molecule has 2 aromatic carbocycles. The molecule has 1 N–H and O–H groups in total. The summed E-state index contributed by atoms with van der Waals surface area (Å²) in [5.74, 6) is 1.22. The molecule has 132 valence electrons. The molecule has 0 fully saturated rings. The van der Waals surface area contributed by atoms with Crippen LogP contribution in [0.3, 0.4) is 0 Å². The van der Waals surface area contributed by atoms with E-state index in [1.54, 1.807) is 32.4 Å². The lowest BCUT2D eigenvalue weighted by molar-refractivity contribution is 0.356. The van der Waals surface area contributed by atoms with Gasteiger partial charge in [0.2, 0.25) is 0 Å². The summed E-state index contributed by atoms with van der Waals surface area (Å²) in [5.41, 5.74) is 1.31. The van der Waals surface area contributed by atoms with Crippen LogP contribution >= 0.6 is 11.6 Å². The first-order chi connectivity index (χ1) is 12.1. The van der Waals surface area contributed by atoms with Crippen LogP contribution in [0.15, 0.2) is 36.7 Å². The van der Waals surface area contributed by atoms with Crippen molar-refractivity contribution in [1.29, 1.82) is 0 Å². The molecule has 0 aliphatic rings. The summed E-state index contributed by atoms with van der Waals surface area (Å²) in [6.07, 6.45) is 1.43. The zero-order valence-corrected chi connectivity index (χ0v) is 15.2. The van der Waals surface area contributed by atoms with Crippen LogP contribution < -0.4 is 14.8 Å². The Labute approximate surface area is 150 Å². The minimum Gasteiger partial charge on any atom is -0.493 e. The van der Waals surface area contributed by atoms with Gasteiger partial charge in [0.05, 0.1) is 24.8 Å². The van der Waals surface area contributed by atoms with E-state index in [1.165, 1.54) is 18.5 Å². The van der Waals surface area contributed by atoms with Gasteiger partial charge in [-0.05, 0) is 24.3 Å². The number of hydrogen-bond acceptors (Lipinski definition) is 5. The smallest absolute Gasteiger partial charge is 0.162 e. The van der Waals surface area contributed by atoms with E-state index >= 15 is 0 Å². The van der Waals surface area contributed by atoms with E-state index < -0.39 is 5.82 Å². The van der Waals surface area contributed by atoms with E-state index in [2.05, 4.69) is 15.3 Å². The van der Waals surface area contributed by atoms with Crippen molar-refractivity contribution in [3.63, 3.8) is 0 Å². The molecule has 5 nitrogen and oxygen atoms in total. The summed E-state index contributed by atoms with van der Waals surface area (Å²) >= 11 is 5.80. The Hall–Kier alpha value is -2.60. The summed E-state index contributed by atoms with van der Waals surface area (Å²) in [5, 5.41) is 3.88. The highest BCUT2D eigenvalue weighted by Gasteiger charge is 2.11. The number of fused-ring (bicyclic) bond motifs is 1. The van der Waals surface area contributed by atoms with E-state index in [1.807, 2.05) is 13.8 Å². The number of aromatic nitrogens is 2. The average Bonchev–Trinajstić information content (AvgIpc) is 2.65. The molecular formula is C18H19ClFN3O2. The van der Waals surface area contributed by atoms with E-state index in [4.69, 9.17) is 21.1 Å². The Morgan fingerprint density at radius 2 is 1.68 bits per heavy atom. The minimum absolute atomic E-state index is 0.0348. The summed E-state index contributed by atoms with van der Waals surface area (Å²) in [7, 11) is 3.12. The van der Waals surface area contributed by atoms with Crippen LogP contribution in [-0.2, 0) is 0 Å². The summed E-state index contributed by atoms with van der Waals surface area (Å²) in [6.45, 7) is 4.00. The van der Waals surface area contributed by atoms with E-state index in [0.29, 0.717) is 28.5 Å². The quantitative estimate of drug-likeness (QED) is 0.689. The number of anilines is 2. The van der Waals surface area contributed by atoms with Crippen molar-refractivity contribution in [3.8, 4) is 11.5 Å². The molecule has 25 heavy (non-hydrogen) atoms. The molecule has 3 aromatic rings. The predicted molar refractivity (Wildman–Crippen MR) is 98.7 cm³/mol. The molecule has 1 heterocycles. The van der Waals surface area contributed by atoms with Gasteiger partial charge in [0, 0.05) is 17.1 Å². The fourth-order valence-corrected chi connectivity index (χ4v) is 2.37. The fraction of sp³-hybridized carbons (Fsp3) is 0.222. The van der Waals surface area contributed by atoms with E-state index in [9.17, 15) is 4.39 Å². The molecular weight excluding hydrogens is 345 g/mol. The summed E-state index contributed by atoms with van der Waals surface area (Å²) < 4.78 is 23.8. The van der Waals surface area contributed by atoms with Crippen LogP contribution in [-0.4, -0.2) is 24.2 Å². The Morgan fingerprint density at radius 1 is 1.00 bits per heavy atom. The molecule has 0 aliphatic carbocycles. The van der Waals surface area contributed by atoms with Crippen molar-refractivity contribution in [2.45, 2.75) is 13.8 Å². The van der Waals surface area contributed by atoms with Crippen molar-refractivity contribution in [2.75, 3.05) is 19.5 Å². The van der Waals surface area contributed by atoms with Gasteiger partial charge < -0.3 is 14.8 Å². The number of nitrogens with one attached hydrogen (secondary N) is 1. The second kappa shape index (κ2) is 8.48. The maximum absolute atomic E-state index is 13.3. The van der Waals surface area contributed by atoms with Crippen molar-refractivity contribution in [3.05, 3.63) is 47.5 Å². The second-order valence-corrected chi connectivity index (χ2v) is 5.11. The third-order valence-electron chi connectivity index (χ3n) is 3.32. The largest absolute Gasteiger partial charge is 0.493 e. The van der Waals surface area contributed by atoms with Gasteiger partial charge in [-0.2, -0.15) is 0 Å². The molecule has 0 amide bonds. The molecule has 0 unspecified atom stereocenters. The standard InChI is InChI=1S/C16H13ClFN3O2.C2H6/c1-22-14-6-10-13(7-15(14)23-2)19-8-20-16(10)21-9-3-4-12(18)11(17)5-9;1-2/h3-8H,1-2H3,(H,19,20,21);1-2H3. The minimum atomic E-state index is -0.476. The predicted octanol–water partition coefficient (Wildman–Crippen LogP) is 5.21. The summed E-state index contributed by atoms with van der Waals surface area (Å²) in [4.78, 5) is 8.46. The van der Waals surface area contributed by atoms with Crippen molar-refractivity contribution < 1.29 is 13.9 Å². The highest BCUT2D eigenvalue weighted by molar-refractivity contribution is 6.31. The zero-order chi connectivity index (χ0) is 18.4. The first-order valence-corrected chi connectivity index (χ1v) is 8.09. The molecule has 0 bridgehead atoms. The zero-order valence-electron chi connectivity index (χ0n) is 14.4. The highest BCUT2D eigenvalue weighted by Crippen LogP contribution is 2.34. The monoisotopic (exact) mass is 363 g/mol. The Kier molecular flexibility index (Phi) is 6.36. The summed E-state index contributed by atoms with van der Waals surface area (Å²) in [6, 6.07) is 7.90. The van der Waals surface area contributed by atoms with E-state index in [0.717, 1.165) is 5.39 Å². The molecule has 7 heteroatoms. The van der Waals surface area contributed by atoms with Crippen molar-refractivity contribution >= 4 is 34.0 Å². The first-order valence-electron chi connectivity index (χ1n) is 7.71. The van der Waals surface area contributed by atoms with Gasteiger partial charge in [-0.25, -0.2) is 14.4 Å². The fourth-order valence-electron chi connectivity index (χ4n) is 2.19. The average molecular weight is 364 g/mol. The lowest BCUT2D eigenvalue weighted by Crippen LogP contribution is -1.98. The van der Waals surface area contributed by atoms with Gasteiger partial charge in [0.15, 0.2) is 11.5 Å². The van der Waals surface area contributed by atoms with E-state index in [-0.39, 0.29) is 5.02 Å². The molecule has 0 spiro atoms. The van der Waals surface area contributed by atoms with Gasteiger partial charge in [-0.3, -0.25) is 0 Å². The lowest BCUT2D eigenvalue weighted by atomic mass is 10.2. The van der Waals surface area contributed by atoms with Gasteiger partial charge in [-0.1, -0.05) is 25.4 Å². The molecule has 1 aromatic heterocycles. The van der Waals surface area contributed by atoms with Crippen molar-refractivity contribution in [1.82, 2.24) is 9.97 Å². The first kappa shape index (κ1) is 18.7. The molecule has 0 aliphatic heterocycles. The van der Waals surface area contributed by atoms with Gasteiger partial charge in [0.25, 0.3) is 0 Å². The van der Waals surface area contributed by atoms with Gasteiger partial charge >= 0.3 is 0 Å². The van der Waals surface area contributed by atoms with Gasteiger partial charge in [0.1, 0.15) is 18.0 Å². The number of ether oxygens (including phenoxy) is 2. The molecule has 0 saturated carbocycles.